The maximum atomic E-state index is 12.6. The minimum atomic E-state index is -0.783. The number of nitrogens with one attached hydrogen (secondary N) is 2. The summed E-state index contributed by atoms with van der Waals surface area (Å²) in [5, 5.41) is 7.20. The van der Waals surface area contributed by atoms with Gasteiger partial charge in [-0.3, -0.25) is 9.59 Å². The first-order valence-electron chi connectivity index (χ1n) is 10.1. The highest BCUT2D eigenvalue weighted by molar-refractivity contribution is 6.30. The second kappa shape index (κ2) is 12.5. The Bertz CT molecular complexity index is 960. The fourth-order valence-electron chi connectivity index (χ4n) is 2.63. The van der Waals surface area contributed by atoms with E-state index in [1.54, 1.807) is 55.5 Å². The molecule has 0 radical (unpaired) electrons. The third kappa shape index (κ3) is 8.03. The van der Waals surface area contributed by atoms with Gasteiger partial charge in [-0.05, 0) is 54.8 Å². The molecule has 32 heavy (non-hydrogen) atoms. The summed E-state index contributed by atoms with van der Waals surface area (Å²) in [6.45, 7) is 5.44. The van der Waals surface area contributed by atoms with E-state index in [9.17, 15) is 14.4 Å². The number of carbonyl (C=O) groups is 3. The van der Waals surface area contributed by atoms with Crippen molar-refractivity contribution in [3.05, 3.63) is 64.7 Å². The molecule has 2 N–H and O–H groups in total. The zero-order chi connectivity index (χ0) is 23.5. The zero-order valence-electron chi connectivity index (χ0n) is 18.1. The Hall–Kier alpha value is -3.39. The molecule has 1 unspecified atom stereocenters. The van der Waals surface area contributed by atoms with Crippen LogP contribution in [0.5, 0.6) is 5.75 Å². The summed E-state index contributed by atoms with van der Waals surface area (Å²) in [7, 11) is 0. The topological polar surface area (TPSA) is 106 Å². The van der Waals surface area contributed by atoms with Gasteiger partial charge in [-0.2, -0.15) is 5.10 Å². The van der Waals surface area contributed by atoms with Crippen LogP contribution < -0.4 is 15.5 Å². The third-order valence-electron chi connectivity index (χ3n) is 4.25. The van der Waals surface area contributed by atoms with Crippen molar-refractivity contribution in [1.82, 2.24) is 10.7 Å². The second-order valence-electron chi connectivity index (χ2n) is 7.10. The molecule has 2 amide bonds. The van der Waals surface area contributed by atoms with Crippen LogP contribution in [0.1, 0.15) is 36.7 Å². The highest BCUT2D eigenvalue weighted by Crippen LogP contribution is 2.13. The molecule has 9 heteroatoms. The average Bonchev–Trinajstić information content (AvgIpc) is 2.76. The SMILES string of the molecule is CCOC(=O)COc1cccc(/C=N/NC(=O)C(NC(=O)c2ccc(Cl)cc2)C(C)C)c1. The summed E-state index contributed by atoms with van der Waals surface area (Å²) in [5.41, 5.74) is 3.49. The molecule has 0 fully saturated rings. The average molecular weight is 460 g/mol. The van der Waals surface area contributed by atoms with Gasteiger partial charge in [0.05, 0.1) is 12.8 Å². The van der Waals surface area contributed by atoms with Crippen LogP contribution in [0.4, 0.5) is 0 Å². The second-order valence-corrected chi connectivity index (χ2v) is 7.54. The Morgan fingerprint density at radius 2 is 1.84 bits per heavy atom. The van der Waals surface area contributed by atoms with Gasteiger partial charge in [0.2, 0.25) is 0 Å². The zero-order valence-corrected chi connectivity index (χ0v) is 18.9. The molecule has 0 bridgehead atoms. The number of hydrogen-bond acceptors (Lipinski definition) is 6. The Labute approximate surface area is 191 Å². The Kier molecular flexibility index (Phi) is 9.69. The molecule has 0 saturated heterocycles. The lowest BCUT2D eigenvalue weighted by Crippen LogP contribution is -2.48. The van der Waals surface area contributed by atoms with Crippen molar-refractivity contribution in [2.75, 3.05) is 13.2 Å². The number of nitrogens with zero attached hydrogens (tertiary/aromatic N) is 1. The monoisotopic (exact) mass is 459 g/mol. The van der Waals surface area contributed by atoms with Crippen LogP contribution in [0, 0.1) is 5.92 Å². The van der Waals surface area contributed by atoms with Crippen molar-refractivity contribution in [3.8, 4) is 5.75 Å². The summed E-state index contributed by atoms with van der Waals surface area (Å²) >= 11 is 5.84. The molecular formula is C23H26ClN3O5. The molecule has 0 aliphatic carbocycles. The smallest absolute Gasteiger partial charge is 0.344 e. The van der Waals surface area contributed by atoms with Crippen LogP contribution in [-0.2, 0) is 14.3 Å². The standard InChI is InChI=1S/C23H26ClN3O5/c1-4-31-20(28)14-32-19-7-5-6-16(12-19)13-25-27-23(30)21(15(2)3)26-22(29)17-8-10-18(24)11-9-17/h5-13,15,21H,4,14H2,1-3H3,(H,26,29)(H,27,30)/b25-13+. The van der Waals surface area contributed by atoms with Crippen molar-refractivity contribution in [3.63, 3.8) is 0 Å². The van der Waals surface area contributed by atoms with Gasteiger partial charge in [0.1, 0.15) is 11.8 Å². The molecule has 2 aromatic carbocycles. The van der Waals surface area contributed by atoms with E-state index in [2.05, 4.69) is 15.8 Å². The predicted molar refractivity (Wildman–Crippen MR) is 122 cm³/mol. The molecule has 0 heterocycles. The first-order valence-corrected chi connectivity index (χ1v) is 10.5. The van der Waals surface area contributed by atoms with E-state index in [4.69, 9.17) is 21.1 Å². The first-order chi connectivity index (χ1) is 15.3. The van der Waals surface area contributed by atoms with Gasteiger partial charge in [-0.15, -0.1) is 0 Å². The van der Waals surface area contributed by atoms with Crippen LogP contribution in [0.3, 0.4) is 0 Å². The molecule has 170 valence electrons. The van der Waals surface area contributed by atoms with E-state index < -0.39 is 17.9 Å². The molecule has 0 spiro atoms. The highest BCUT2D eigenvalue weighted by atomic mass is 35.5. The van der Waals surface area contributed by atoms with Gasteiger partial charge < -0.3 is 14.8 Å². The van der Waals surface area contributed by atoms with E-state index in [0.29, 0.717) is 21.9 Å². The van der Waals surface area contributed by atoms with E-state index >= 15 is 0 Å². The number of halogens is 1. The van der Waals surface area contributed by atoms with E-state index in [0.717, 1.165) is 0 Å². The number of rotatable bonds is 10. The molecule has 2 aromatic rings. The maximum Gasteiger partial charge on any atom is 0.344 e. The van der Waals surface area contributed by atoms with E-state index in [1.165, 1.54) is 6.21 Å². The summed E-state index contributed by atoms with van der Waals surface area (Å²) in [5.74, 6) is -0.997. The lowest BCUT2D eigenvalue weighted by atomic mass is 10.0. The molecular weight excluding hydrogens is 434 g/mol. The van der Waals surface area contributed by atoms with Crippen molar-refractivity contribution < 1.29 is 23.9 Å². The minimum Gasteiger partial charge on any atom is -0.482 e. The summed E-state index contributed by atoms with van der Waals surface area (Å²) < 4.78 is 10.2. The van der Waals surface area contributed by atoms with Crippen molar-refractivity contribution in [1.29, 1.82) is 0 Å². The summed E-state index contributed by atoms with van der Waals surface area (Å²) in [6.07, 6.45) is 1.44. The van der Waals surface area contributed by atoms with Gasteiger partial charge in [-0.1, -0.05) is 37.6 Å². The molecule has 0 saturated carbocycles. The van der Waals surface area contributed by atoms with Crippen LogP contribution in [0.2, 0.25) is 5.02 Å². The minimum absolute atomic E-state index is 0.166. The van der Waals surface area contributed by atoms with Crippen molar-refractivity contribution >= 4 is 35.6 Å². The number of hydrazone groups is 1. The number of carbonyl (C=O) groups excluding carboxylic acids is 3. The van der Waals surface area contributed by atoms with Gasteiger partial charge in [0, 0.05) is 10.6 Å². The van der Waals surface area contributed by atoms with Crippen molar-refractivity contribution in [2.45, 2.75) is 26.8 Å². The van der Waals surface area contributed by atoms with Gasteiger partial charge in [-0.25, -0.2) is 10.2 Å². The molecule has 0 aliphatic rings. The number of amides is 2. The molecule has 1 atom stereocenters. The number of esters is 1. The Balaban J connectivity index is 1.95. The largest absolute Gasteiger partial charge is 0.482 e. The fourth-order valence-corrected chi connectivity index (χ4v) is 2.76. The lowest BCUT2D eigenvalue weighted by Gasteiger charge is -2.20. The Morgan fingerprint density at radius 1 is 1.12 bits per heavy atom. The molecule has 2 rings (SSSR count). The van der Waals surface area contributed by atoms with Gasteiger partial charge >= 0.3 is 5.97 Å². The van der Waals surface area contributed by atoms with Crippen LogP contribution in [0.15, 0.2) is 53.6 Å². The molecule has 0 aromatic heterocycles. The van der Waals surface area contributed by atoms with Crippen LogP contribution >= 0.6 is 11.6 Å². The van der Waals surface area contributed by atoms with E-state index in [-0.39, 0.29) is 25.0 Å². The summed E-state index contributed by atoms with van der Waals surface area (Å²) in [4.78, 5) is 36.4. The number of benzene rings is 2. The predicted octanol–water partition coefficient (Wildman–Crippen LogP) is 3.19. The quantitative estimate of drug-likeness (QED) is 0.322. The first kappa shape index (κ1) is 24.9. The van der Waals surface area contributed by atoms with Crippen molar-refractivity contribution in [2.24, 2.45) is 11.0 Å². The third-order valence-corrected chi connectivity index (χ3v) is 4.50. The number of ether oxygens (including phenoxy) is 2. The van der Waals surface area contributed by atoms with E-state index in [1.807, 2.05) is 13.8 Å². The van der Waals surface area contributed by atoms with Gasteiger partial charge in [0.25, 0.3) is 11.8 Å². The van der Waals surface area contributed by atoms with Crippen LogP contribution in [0.25, 0.3) is 0 Å². The Morgan fingerprint density at radius 3 is 2.50 bits per heavy atom. The van der Waals surface area contributed by atoms with Crippen LogP contribution in [-0.4, -0.2) is 43.3 Å². The molecule has 0 aliphatic heterocycles. The maximum absolute atomic E-state index is 12.6. The van der Waals surface area contributed by atoms with Gasteiger partial charge in [0.15, 0.2) is 6.61 Å². The number of hydrogen-bond donors (Lipinski definition) is 2. The normalized spacial score (nSPS) is 11.8. The lowest BCUT2D eigenvalue weighted by molar-refractivity contribution is -0.145. The highest BCUT2D eigenvalue weighted by Gasteiger charge is 2.24. The molecule has 8 nitrogen and oxygen atoms in total. The fraction of sp³-hybridized carbons (Fsp3) is 0.304. The summed E-state index contributed by atoms with van der Waals surface area (Å²) in [6, 6.07) is 12.4.